The fourth-order valence-electron chi connectivity index (χ4n) is 4.70. The molecule has 3 aromatic rings. The Labute approximate surface area is 170 Å². The van der Waals surface area contributed by atoms with Gasteiger partial charge in [0.05, 0.1) is 5.69 Å². The minimum atomic E-state index is -0.474. The monoisotopic (exact) mass is 393 g/mol. The van der Waals surface area contributed by atoms with Crippen molar-refractivity contribution in [2.75, 3.05) is 13.1 Å². The largest absolute Gasteiger partial charge is 0.444 e. The number of hydrogen-bond donors (Lipinski definition) is 1. The van der Waals surface area contributed by atoms with Crippen molar-refractivity contribution in [2.24, 2.45) is 0 Å². The third-order valence-corrected chi connectivity index (χ3v) is 6.05. The van der Waals surface area contributed by atoms with Gasteiger partial charge in [0.1, 0.15) is 11.2 Å². The Bertz CT molecular complexity index is 1080. The zero-order chi connectivity index (χ0) is 20.2. The van der Waals surface area contributed by atoms with Crippen molar-refractivity contribution >= 4 is 17.1 Å². The van der Waals surface area contributed by atoms with Gasteiger partial charge in [0, 0.05) is 54.1 Å². The Morgan fingerprint density at radius 3 is 2.93 bits per heavy atom. The fourth-order valence-corrected chi connectivity index (χ4v) is 4.70. The molecule has 3 aromatic heterocycles. The maximum absolute atomic E-state index is 12.6. The Kier molecular flexibility index (Phi) is 3.98. The summed E-state index contributed by atoms with van der Waals surface area (Å²) < 4.78 is 7.74. The summed E-state index contributed by atoms with van der Waals surface area (Å²) in [6.07, 6.45) is 6.66. The second-order valence-electron chi connectivity index (χ2n) is 9.31. The zero-order valence-electron chi connectivity index (χ0n) is 17.2. The van der Waals surface area contributed by atoms with Crippen molar-refractivity contribution in [1.29, 1.82) is 0 Å². The van der Waals surface area contributed by atoms with Crippen molar-refractivity contribution < 1.29 is 9.53 Å². The van der Waals surface area contributed by atoms with Crippen molar-refractivity contribution in [1.82, 2.24) is 24.6 Å². The third-order valence-electron chi connectivity index (χ3n) is 6.05. The van der Waals surface area contributed by atoms with E-state index in [1.807, 2.05) is 44.1 Å². The predicted molar refractivity (Wildman–Crippen MR) is 111 cm³/mol. The first-order valence-corrected chi connectivity index (χ1v) is 10.3. The van der Waals surface area contributed by atoms with Crippen LogP contribution in [0.4, 0.5) is 4.79 Å². The maximum atomic E-state index is 12.6. The summed E-state index contributed by atoms with van der Waals surface area (Å²) in [6.45, 7) is 8.08. The highest BCUT2D eigenvalue weighted by molar-refractivity contribution is 5.80. The van der Waals surface area contributed by atoms with Gasteiger partial charge < -0.3 is 14.6 Å². The lowest BCUT2D eigenvalue weighted by Crippen LogP contribution is -2.40. The molecule has 7 heteroatoms. The highest BCUT2D eigenvalue weighted by Gasteiger charge is 2.46. The number of aromatic nitrogens is 4. The van der Waals surface area contributed by atoms with E-state index in [-0.39, 0.29) is 11.5 Å². The normalized spacial score (nSPS) is 21.7. The number of ether oxygens (including phenoxy) is 1. The average Bonchev–Trinajstić information content (AvgIpc) is 3.38. The minimum absolute atomic E-state index is 0.0357. The molecule has 1 saturated heterocycles. The first-order valence-electron chi connectivity index (χ1n) is 10.3. The van der Waals surface area contributed by atoms with Gasteiger partial charge in [-0.25, -0.2) is 9.78 Å². The number of carbonyl (C=O) groups is 1. The van der Waals surface area contributed by atoms with Crippen molar-refractivity contribution in [3.63, 3.8) is 0 Å². The van der Waals surface area contributed by atoms with Crippen LogP contribution in [0.15, 0.2) is 30.6 Å². The predicted octanol–water partition coefficient (Wildman–Crippen LogP) is 4.10. The van der Waals surface area contributed by atoms with E-state index in [1.54, 1.807) is 0 Å². The molecule has 5 rings (SSSR count). The van der Waals surface area contributed by atoms with E-state index < -0.39 is 5.60 Å². The van der Waals surface area contributed by atoms with Gasteiger partial charge in [-0.3, -0.25) is 4.68 Å². The molecule has 0 bridgehead atoms. The summed E-state index contributed by atoms with van der Waals surface area (Å²) in [5.74, 6) is 0. The molecule has 152 valence electrons. The Hall–Kier alpha value is -2.83. The molecule has 1 unspecified atom stereocenters. The highest BCUT2D eigenvalue weighted by Crippen LogP contribution is 2.43. The molecule has 0 aromatic carbocycles. The van der Waals surface area contributed by atoms with Crippen LogP contribution in [0.3, 0.4) is 0 Å². The molecule has 1 atom stereocenters. The van der Waals surface area contributed by atoms with Crippen LogP contribution in [-0.2, 0) is 16.7 Å². The van der Waals surface area contributed by atoms with Crippen LogP contribution < -0.4 is 0 Å². The molecule has 0 saturated carbocycles. The van der Waals surface area contributed by atoms with Crippen LogP contribution in [0.1, 0.15) is 45.7 Å². The number of likely N-dealkylation sites (tertiary alicyclic amines) is 1. The summed E-state index contributed by atoms with van der Waals surface area (Å²) in [4.78, 5) is 22.1. The van der Waals surface area contributed by atoms with Crippen LogP contribution in [0, 0.1) is 0 Å². The second kappa shape index (κ2) is 6.34. The minimum Gasteiger partial charge on any atom is -0.444 e. The van der Waals surface area contributed by atoms with E-state index >= 15 is 0 Å². The van der Waals surface area contributed by atoms with Gasteiger partial charge in [-0.05, 0) is 58.2 Å². The van der Waals surface area contributed by atoms with E-state index in [2.05, 4.69) is 26.8 Å². The molecule has 0 radical (unpaired) electrons. The fraction of sp³-hybridized carbons (Fsp3) is 0.500. The van der Waals surface area contributed by atoms with Crippen LogP contribution >= 0.6 is 0 Å². The van der Waals surface area contributed by atoms with Gasteiger partial charge in [-0.2, -0.15) is 5.10 Å². The van der Waals surface area contributed by atoms with Crippen LogP contribution in [0.5, 0.6) is 0 Å². The molecular weight excluding hydrogens is 366 g/mol. The van der Waals surface area contributed by atoms with Gasteiger partial charge >= 0.3 is 6.09 Å². The quantitative estimate of drug-likeness (QED) is 0.675. The van der Waals surface area contributed by atoms with Gasteiger partial charge in [0.25, 0.3) is 0 Å². The lowest BCUT2D eigenvalue weighted by atomic mass is 9.77. The lowest BCUT2D eigenvalue weighted by molar-refractivity contribution is 0.0280. The van der Waals surface area contributed by atoms with E-state index in [1.165, 1.54) is 5.69 Å². The summed E-state index contributed by atoms with van der Waals surface area (Å²) >= 11 is 0. The number of aryl methyl sites for hydroxylation is 1. The second-order valence-corrected chi connectivity index (χ2v) is 9.31. The molecule has 1 N–H and O–H groups in total. The van der Waals surface area contributed by atoms with Crippen molar-refractivity contribution in [3.8, 4) is 11.3 Å². The SMILES string of the molecule is CC(C)(C)OC(=O)N1CCC2(CCCn3nc(-c4cnc5[nH]ccc5c4)cc32)C1. The number of amides is 1. The number of rotatable bonds is 1. The molecule has 2 aliphatic heterocycles. The van der Waals surface area contributed by atoms with Crippen molar-refractivity contribution in [3.05, 3.63) is 36.3 Å². The summed E-state index contributed by atoms with van der Waals surface area (Å²) in [7, 11) is 0. The topological polar surface area (TPSA) is 76.0 Å². The first-order chi connectivity index (χ1) is 13.8. The summed E-state index contributed by atoms with van der Waals surface area (Å²) in [6, 6.07) is 6.35. The smallest absolute Gasteiger partial charge is 0.410 e. The molecule has 1 amide bonds. The molecular formula is C22H27N5O2. The Balaban J connectivity index is 1.45. The number of nitrogens with zero attached hydrogens (tertiary/aromatic N) is 4. The van der Waals surface area contributed by atoms with Gasteiger partial charge in [0.15, 0.2) is 0 Å². The Morgan fingerprint density at radius 2 is 2.10 bits per heavy atom. The zero-order valence-corrected chi connectivity index (χ0v) is 17.2. The first kappa shape index (κ1) is 18.2. The number of nitrogens with one attached hydrogen (secondary N) is 1. The number of carbonyl (C=O) groups excluding carboxylic acids is 1. The molecule has 1 spiro atoms. The Morgan fingerprint density at radius 1 is 1.24 bits per heavy atom. The molecule has 5 heterocycles. The van der Waals surface area contributed by atoms with Gasteiger partial charge in [0.2, 0.25) is 0 Å². The van der Waals surface area contributed by atoms with Crippen LogP contribution in [0.2, 0.25) is 0 Å². The van der Waals surface area contributed by atoms with E-state index in [4.69, 9.17) is 9.84 Å². The molecule has 2 aliphatic rings. The number of hydrogen-bond acceptors (Lipinski definition) is 4. The maximum Gasteiger partial charge on any atom is 0.410 e. The standard InChI is InChI=1S/C22H27N5O2/c1-21(2,3)29-20(28)26-10-7-22(14-26)6-4-9-27-18(22)12-17(25-27)16-11-15-5-8-23-19(15)24-13-16/h5,8,11-13H,4,6-7,9-10,14H2,1-3H3,(H,23,24). The van der Waals surface area contributed by atoms with Crippen LogP contribution in [-0.4, -0.2) is 49.4 Å². The molecule has 1 fully saturated rings. The summed E-state index contributed by atoms with van der Waals surface area (Å²) in [5, 5.41) is 5.98. The van der Waals surface area contributed by atoms with Gasteiger partial charge in [-0.1, -0.05) is 0 Å². The summed E-state index contributed by atoms with van der Waals surface area (Å²) in [5.41, 5.74) is 3.59. The average molecular weight is 393 g/mol. The van der Waals surface area contributed by atoms with Gasteiger partial charge in [-0.15, -0.1) is 0 Å². The number of pyridine rings is 1. The van der Waals surface area contributed by atoms with Crippen molar-refractivity contribution in [2.45, 2.75) is 57.6 Å². The van der Waals surface area contributed by atoms with Crippen LogP contribution in [0.25, 0.3) is 22.3 Å². The molecule has 0 aliphatic carbocycles. The number of fused-ring (bicyclic) bond motifs is 3. The number of H-pyrrole nitrogens is 1. The lowest BCUT2D eigenvalue weighted by Gasteiger charge is -2.34. The third kappa shape index (κ3) is 3.18. The molecule has 7 nitrogen and oxygen atoms in total. The van der Waals surface area contributed by atoms with E-state index in [0.29, 0.717) is 6.54 Å². The van der Waals surface area contributed by atoms with E-state index in [9.17, 15) is 4.79 Å². The number of aromatic amines is 1. The van der Waals surface area contributed by atoms with E-state index in [0.717, 1.165) is 54.6 Å². The molecule has 29 heavy (non-hydrogen) atoms. The highest BCUT2D eigenvalue weighted by atomic mass is 16.6.